The Morgan fingerprint density at radius 1 is 0.943 bits per heavy atom. The van der Waals surface area contributed by atoms with Crippen molar-refractivity contribution in [3.05, 3.63) is 76.0 Å². The molecule has 178 valence electrons. The van der Waals surface area contributed by atoms with E-state index in [0.29, 0.717) is 30.4 Å². The minimum atomic E-state index is -0.855. The monoisotopic (exact) mass is 492 g/mol. The van der Waals surface area contributed by atoms with Crippen LogP contribution in [0, 0.1) is 0 Å². The lowest BCUT2D eigenvalue weighted by Crippen LogP contribution is -2.38. The molecule has 2 aliphatic rings. The standard InChI is InChI=1S/C25H20N2O7S/c28-22(15-34-23(29)14-27-24(30)18-5-1-2-6-19(18)25(27)31)26(13-17-4-3-11-35-17)16-7-8-20-21(12-16)33-10-9-32-20/h1-8,11-12H,9-10,13-15H2. The highest BCUT2D eigenvalue weighted by molar-refractivity contribution is 7.09. The van der Waals surface area contributed by atoms with E-state index >= 15 is 0 Å². The molecule has 0 fully saturated rings. The molecule has 0 saturated heterocycles. The van der Waals surface area contributed by atoms with Gasteiger partial charge in [-0.15, -0.1) is 11.3 Å². The van der Waals surface area contributed by atoms with Gasteiger partial charge in [0.15, 0.2) is 18.1 Å². The Morgan fingerprint density at radius 2 is 1.66 bits per heavy atom. The van der Waals surface area contributed by atoms with Crippen molar-refractivity contribution in [3.8, 4) is 11.5 Å². The Morgan fingerprint density at radius 3 is 2.34 bits per heavy atom. The minimum Gasteiger partial charge on any atom is -0.486 e. The lowest BCUT2D eigenvalue weighted by Gasteiger charge is -2.25. The van der Waals surface area contributed by atoms with Crippen LogP contribution in [0.15, 0.2) is 60.0 Å². The van der Waals surface area contributed by atoms with Gasteiger partial charge in [0.2, 0.25) is 0 Å². The van der Waals surface area contributed by atoms with Crippen LogP contribution in [0.1, 0.15) is 25.6 Å². The van der Waals surface area contributed by atoms with Crippen molar-refractivity contribution in [2.75, 3.05) is 31.3 Å². The van der Waals surface area contributed by atoms with Gasteiger partial charge in [0.05, 0.1) is 17.7 Å². The van der Waals surface area contributed by atoms with Crippen LogP contribution in [0.4, 0.5) is 5.69 Å². The van der Waals surface area contributed by atoms with Gasteiger partial charge in [-0.05, 0) is 35.7 Å². The summed E-state index contributed by atoms with van der Waals surface area (Å²) >= 11 is 1.49. The average Bonchev–Trinajstić information content (AvgIpc) is 3.48. The van der Waals surface area contributed by atoms with Crippen molar-refractivity contribution < 1.29 is 33.4 Å². The van der Waals surface area contributed by atoms with E-state index in [1.807, 2.05) is 17.5 Å². The number of carbonyl (C=O) groups is 4. The molecule has 0 saturated carbocycles. The second kappa shape index (κ2) is 9.59. The molecule has 0 N–H and O–H groups in total. The average molecular weight is 493 g/mol. The first-order valence-corrected chi connectivity index (χ1v) is 11.7. The molecule has 2 aromatic carbocycles. The van der Waals surface area contributed by atoms with E-state index in [0.717, 1.165) is 9.78 Å². The summed E-state index contributed by atoms with van der Waals surface area (Å²) < 4.78 is 16.4. The van der Waals surface area contributed by atoms with Crippen LogP contribution in [0.2, 0.25) is 0 Å². The van der Waals surface area contributed by atoms with Gasteiger partial charge in [-0.1, -0.05) is 18.2 Å². The summed E-state index contributed by atoms with van der Waals surface area (Å²) in [7, 11) is 0. The highest BCUT2D eigenvalue weighted by atomic mass is 32.1. The molecule has 0 aliphatic carbocycles. The number of carbonyl (C=O) groups excluding carboxylic acids is 4. The summed E-state index contributed by atoms with van der Waals surface area (Å²) in [5, 5.41) is 1.91. The zero-order chi connectivity index (χ0) is 24.4. The van der Waals surface area contributed by atoms with Crippen molar-refractivity contribution in [1.29, 1.82) is 0 Å². The Kier molecular flexibility index (Phi) is 6.19. The number of fused-ring (bicyclic) bond motifs is 2. The quantitative estimate of drug-likeness (QED) is 0.369. The SMILES string of the molecule is O=C(CN1C(=O)c2ccccc2C1=O)OCC(=O)N(Cc1cccs1)c1ccc2c(c1)OCCO2. The molecule has 0 unspecified atom stereocenters. The summed E-state index contributed by atoms with van der Waals surface area (Å²) in [5.41, 5.74) is 1.04. The maximum absolute atomic E-state index is 13.1. The Balaban J connectivity index is 1.27. The predicted octanol–water partition coefficient (Wildman–Crippen LogP) is 2.89. The summed E-state index contributed by atoms with van der Waals surface area (Å²) in [5.74, 6) is -1.33. The van der Waals surface area contributed by atoms with Gasteiger partial charge < -0.3 is 19.1 Å². The van der Waals surface area contributed by atoms with Gasteiger partial charge in [-0.2, -0.15) is 0 Å². The third-order valence-electron chi connectivity index (χ3n) is 5.55. The van der Waals surface area contributed by atoms with E-state index in [4.69, 9.17) is 14.2 Å². The highest BCUT2D eigenvalue weighted by Crippen LogP contribution is 2.34. The summed E-state index contributed by atoms with van der Waals surface area (Å²) in [4.78, 5) is 53.7. The van der Waals surface area contributed by atoms with Crippen molar-refractivity contribution >= 4 is 40.7 Å². The molecule has 0 radical (unpaired) electrons. The molecular formula is C25H20N2O7S. The first-order chi connectivity index (χ1) is 17.0. The summed E-state index contributed by atoms with van der Waals surface area (Å²) in [6.07, 6.45) is 0. The normalized spacial score (nSPS) is 14.0. The molecular weight excluding hydrogens is 472 g/mol. The molecule has 3 amide bonds. The van der Waals surface area contributed by atoms with E-state index in [-0.39, 0.29) is 17.7 Å². The number of thiophene rings is 1. The van der Waals surface area contributed by atoms with Crippen molar-refractivity contribution in [2.24, 2.45) is 0 Å². The second-order valence-electron chi connectivity index (χ2n) is 7.79. The number of ether oxygens (including phenoxy) is 3. The fourth-order valence-corrected chi connectivity index (χ4v) is 4.55. The van der Waals surface area contributed by atoms with E-state index in [1.54, 1.807) is 30.3 Å². The van der Waals surface area contributed by atoms with Crippen LogP contribution >= 0.6 is 11.3 Å². The molecule has 2 aliphatic heterocycles. The van der Waals surface area contributed by atoms with Gasteiger partial charge >= 0.3 is 5.97 Å². The number of hydrogen-bond acceptors (Lipinski definition) is 8. The molecule has 1 aromatic heterocycles. The molecule has 9 nitrogen and oxygen atoms in total. The fraction of sp³-hybridized carbons (Fsp3) is 0.200. The molecule has 0 spiro atoms. The molecule has 3 aromatic rings. The van der Waals surface area contributed by atoms with Crippen molar-refractivity contribution in [3.63, 3.8) is 0 Å². The maximum Gasteiger partial charge on any atom is 0.326 e. The van der Waals surface area contributed by atoms with E-state index in [9.17, 15) is 19.2 Å². The smallest absolute Gasteiger partial charge is 0.326 e. The Bertz CT molecular complexity index is 1270. The molecule has 35 heavy (non-hydrogen) atoms. The number of imide groups is 1. The van der Waals surface area contributed by atoms with E-state index in [1.165, 1.54) is 28.4 Å². The largest absolute Gasteiger partial charge is 0.486 e. The van der Waals surface area contributed by atoms with Gasteiger partial charge in [-0.3, -0.25) is 24.1 Å². The first-order valence-electron chi connectivity index (χ1n) is 10.8. The topological polar surface area (TPSA) is 102 Å². The number of rotatable bonds is 7. The van der Waals surface area contributed by atoms with Crippen LogP contribution in [0.25, 0.3) is 0 Å². The Hall–Kier alpha value is -4.18. The molecule has 3 heterocycles. The van der Waals surface area contributed by atoms with Crippen molar-refractivity contribution in [1.82, 2.24) is 4.90 Å². The molecule has 5 rings (SSSR count). The Labute approximate surface area is 204 Å². The fourth-order valence-electron chi connectivity index (χ4n) is 3.86. The minimum absolute atomic E-state index is 0.238. The predicted molar refractivity (Wildman–Crippen MR) is 126 cm³/mol. The van der Waals surface area contributed by atoms with Gasteiger partial charge in [0.1, 0.15) is 19.8 Å². The third kappa shape index (κ3) is 4.60. The maximum atomic E-state index is 13.1. The number of amides is 3. The van der Waals surface area contributed by atoms with Crippen molar-refractivity contribution in [2.45, 2.75) is 6.54 Å². The van der Waals surface area contributed by atoms with Crippen LogP contribution in [0.5, 0.6) is 11.5 Å². The zero-order valence-corrected chi connectivity index (χ0v) is 19.3. The molecule has 10 heteroatoms. The number of anilines is 1. The number of nitrogens with zero attached hydrogens (tertiary/aromatic N) is 2. The highest BCUT2D eigenvalue weighted by Gasteiger charge is 2.36. The molecule has 0 bridgehead atoms. The number of esters is 1. The number of benzene rings is 2. The van der Waals surface area contributed by atoms with Gasteiger partial charge in [-0.25, -0.2) is 0 Å². The second-order valence-corrected chi connectivity index (χ2v) is 8.82. The first kappa shape index (κ1) is 22.6. The van der Waals surface area contributed by atoms with Crippen LogP contribution in [0.3, 0.4) is 0 Å². The lowest BCUT2D eigenvalue weighted by atomic mass is 10.1. The zero-order valence-electron chi connectivity index (χ0n) is 18.5. The van der Waals surface area contributed by atoms with Crippen LogP contribution in [-0.4, -0.2) is 55.0 Å². The van der Waals surface area contributed by atoms with Crippen LogP contribution < -0.4 is 14.4 Å². The third-order valence-corrected chi connectivity index (χ3v) is 6.42. The lowest BCUT2D eigenvalue weighted by molar-refractivity contribution is -0.148. The van der Waals surface area contributed by atoms with Crippen LogP contribution in [-0.2, 0) is 20.9 Å². The van der Waals surface area contributed by atoms with E-state index in [2.05, 4.69) is 0 Å². The number of hydrogen-bond donors (Lipinski definition) is 0. The van der Waals surface area contributed by atoms with Gasteiger partial charge in [0.25, 0.3) is 17.7 Å². The van der Waals surface area contributed by atoms with Gasteiger partial charge in [0, 0.05) is 16.6 Å². The summed E-state index contributed by atoms with van der Waals surface area (Å²) in [6.45, 7) is 0.000481. The summed E-state index contributed by atoms with van der Waals surface area (Å²) in [6, 6.07) is 15.3. The van der Waals surface area contributed by atoms with E-state index < -0.39 is 36.8 Å². The molecule has 0 atom stereocenters.